The molecule has 0 aromatic heterocycles. The number of fused-ring (bicyclic) bond motifs is 1. The van der Waals surface area contributed by atoms with Crippen LogP contribution < -0.4 is 5.32 Å². The van der Waals surface area contributed by atoms with Crippen molar-refractivity contribution in [1.29, 1.82) is 0 Å². The molecule has 0 saturated heterocycles. The fourth-order valence-electron chi connectivity index (χ4n) is 4.89. The number of aryl methyl sites for hydroxylation is 2. The van der Waals surface area contributed by atoms with E-state index in [1.165, 1.54) is 5.56 Å². The van der Waals surface area contributed by atoms with Crippen LogP contribution in [0.1, 0.15) is 37.8 Å². The quantitative estimate of drug-likeness (QED) is 0.505. The summed E-state index contributed by atoms with van der Waals surface area (Å²) in [6.45, 7) is 8.58. The second-order valence-corrected chi connectivity index (χ2v) is 11.5. The summed E-state index contributed by atoms with van der Waals surface area (Å²) in [6.07, 6.45) is 1.96. The minimum Gasteiger partial charge on any atom is -0.325 e. The van der Waals surface area contributed by atoms with Crippen molar-refractivity contribution in [2.75, 3.05) is 5.32 Å². The first-order valence-electron chi connectivity index (χ1n) is 7.92. The van der Waals surface area contributed by atoms with Crippen LogP contribution in [0.2, 0.25) is 0 Å². The predicted molar refractivity (Wildman–Crippen MR) is 107 cm³/mol. The lowest BCUT2D eigenvalue weighted by molar-refractivity contribution is -0.155. The van der Waals surface area contributed by atoms with E-state index < -0.39 is 0 Å². The van der Waals surface area contributed by atoms with E-state index in [9.17, 15) is 4.79 Å². The van der Waals surface area contributed by atoms with Gasteiger partial charge in [0.25, 0.3) is 0 Å². The van der Waals surface area contributed by atoms with Crippen LogP contribution >= 0.6 is 47.8 Å². The molecule has 0 spiro atoms. The number of carbonyl (C=O) groups is 1. The van der Waals surface area contributed by atoms with Gasteiger partial charge in [-0.25, -0.2) is 0 Å². The van der Waals surface area contributed by atoms with Crippen LogP contribution in [-0.4, -0.2) is 14.5 Å². The highest BCUT2D eigenvalue weighted by atomic mass is 79.9. The summed E-state index contributed by atoms with van der Waals surface area (Å²) >= 11 is 11.3. The molecule has 2 nitrogen and oxygen atoms in total. The second-order valence-electron chi connectivity index (χ2n) is 7.57. The fourth-order valence-corrected chi connectivity index (χ4v) is 9.80. The topological polar surface area (TPSA) is 29.1 Å². The Kier molecular flexibility index (Phi) is 4.34. The molecule has 3 atom stereocenters. The van der Waals surface area contributed by atoms with Crippen molar-refractivity contribution in [3.63, 3.8) is 0 Å². The molecule has 4 rings (SSSR count). The molecule has 3 saturated carbocycles. The number of rotatable bonds is 3. The predicted octanol–water partition coefficient (Wildman–Crippen LogP) is 5.93. The number of hydrogen-bond donors (Lipinski definition) is 1. The van der Waals surface area contributed by atoms with Crippen LogP contribution in [0.25, 0.3) is 0 Å². The van der Waals surface area contributed by atoms with Gasteiger partial charge in [0.1, 0.15) is 0 Å². The molecular formula is C18H22Br3NO. The SMILES string of the molecule is Cc1ccc(NC(=O)C23CCC(C(Br)Br)(C2Br)C3(C)C)c(C)c1. The lowest BCUT2D eigenvalue weighted by atomic mass is 9.43. The van der Waals surface area contributed by atoms with Gasteiger partial charge in [-0.2, -0.15) is 0 Å². The smallest absolute Gasteiger partial charge is 0.232 e. The van der Waals surface area contributed by atoms with E-state index >= 15 is 0 Å². The summed E-state index contributed by atoms with van der Waals surface area (Å²) in [5, 5.41) is 3.20. The minimum absolute atomic E-state index is 0.0622. The summed E-state index contributed by atoms with van der Waals surface area (Å²) < 4.78 is 0.200. The van der Waals surface area contributed by atoms with Gasteiger partial charge in [0.2, 0.25) is 5.91 Å². The average molecular weight is 508 g/mol. The summed E-state index contributed by atoms with van der Waals surface area (Å²) in [7, 11) is 0. The standard InChI is InChI=1S/C18H22Br3NO/c1-10-5-6-12(11(2)9-10)22-15(23)18-8-7-17(13(18)19,14(20)21)16(18,3)4/h5-6,9,13-14H,7-8H2,1-4H3,(H,22,23). The van der Waals surface area contributed by atoms with Crippen LogP contribution in [-0.2, 0) is 4.79 Å². The number of halogens is 3. The number of alkyl halides is 3. The first-order chi connectivity index (χ1) is 10.6. The zero-order chi connectivity index (χ0) is 17.2. The molecular weight excluding hydrogens is 486 g/mol. The van der Waals surface area contributed by atoms with Crippen molar-refractivity contribution >= 4 is 59.4 Å². The highest BCUT2D eigenvalue weighted by Gasteiger charge is 2.83. The van der Waals surface area contributed by atoms with Gasteiger partial charge in [-0.1, -0.05) is 79.3 Å². The molecule has 3 unspecified atom stereocenters. The van der Waals surface area contributed by atoms with Gasteiger partial charge >= 0.3 is 0 Å². The molecule has 5 heteroatoms. The van der Waals surface area contributed by atoms with Crippen molar-refractivity contribution in [2.45, 2.75) is 49.1 Å². The number of hydrogen-bond acceptors (Lipinski definition) is 1. The van der Waals surface area contributed by atoms with Crippen LogP contribution in [0, 0.1) is 30.1 Å². The van der Waals surface area contributed by atoms with Crippen molar-refractivity contribution in [3.05, 3.63) is 29.3 Å². The lowest BCUT2D eigenvalue weighted by Crippen LogP contribution is -2.71. The Morgan fingerprint density at radius 2 is 1.91 bits per heavy atom. The van der Waals surface area contributed by atoms with Crippen molar-refractivity contribution in [2.24, 2.45) is 16.2 Å². The molecule has 23 heavy (non-hydrogen) atoms. The third-order valence-corrected chi connectivity index (χ3v) is 9.75. The number of anilines is 1. The van der Waals surface area contributed by atoms with Crippen LogP contribution in [0.4, 0.5) is 5.69 Å². The average Bonchev–Trinajstić information content (AvgIpc) is 2.91. The van der Waals surface area contributed by atoms with Gasteiger partial charge in [-0.3, -0.25) is 4.79 Å². The van der Waals surface area contributed by atoms with E-state index in [-0.39, 0.29) is 30.7 Å². The Hall–Kier alpha value is 0.130. The zero-order valence-corrected chi connectivity index (χ0v) is 18.6. The van der Waals surface area contributed by atoms with Gasteiger partial charge in [0.15, 0.2) is 0 Å². The number of amides is 1. The Labute approximate surface area is 163 Å². The van der Waals surface area contributed by atoms with Gasteiger partial charge in [0, 0.05) is 15.9 Å². The Morgan fingerprint density at radius 3 is 2.39 bits per heavy atom. The van der Waals surface area contributed by atoms with E-state index in [1.54, 1.807) is 0 Å². The maximum atomic E-state index is 13.2. The monoisotopic (exact) mass is 505 g/mol. The van der Waals surface area contributed by atoms with Crippen LogP contribution in [0.15, 0.2) is 18.2 Å². The summed E-state index contributed by atoms with van der Waals surface area (Å²) in [5.41, 5.74) is 2.87. The molecule has 3 aliphatic carbocycles. The molecule has 126 valence electrons. The fraction of sp³-hybridized carbons (Fsp3) is 0.611. The first-order valence-corrected chi connectivity index (χ1v) is 10.7. The Morgan fingerprint density at radius 1 is 1.26 bits per heavy atom. The van der Waals surface area contributed by atoms with Crippen LogP contribution in [0.5, 0.6) is 0 Å². The summed E-state index contributed by atoms with van der Waals surface area (Å²) in [6, 6.07) is 6.16. The van der Waals surface area contributed by atoms with E-state index in [4.69, 9.17) is 0 Å². The zero-order valence-electron chi connectivity index (χ0n) is 13.8. The molecule has 3 fully saturated rings. The maximum absolute atomic E-state index is 13.2. The highest BCUT2D eigenvalue weighted by Crippen LogP contribution is 2.82. The molecule has 0 radical (unpaired) electrons. The van der Waals surface area contributed by atoms with Crippen molar-refractivity contribution in [1.82, 2.24) is 0 Å². The van der Waals surface area contributed by atoms with Gasteiger partial charge in [-0.05, 0) is 43.7 Å². The third kappa shape index (κ3) is 2.05. The maximum Gasteiger partial charge on any atom is 0.232 e. The molecule has 1 aromatic carbocycles. The van der Waals surface area contributed by atoms with E-state index in [0.717, 1.165) is 24.1 Å². The van der Waals surface area contributed by atoms with E-state index in [0.29, 0.717) is 0 Å². The second kappa shape index (κ2) is 5.57. The largest absolute Gasteiger partial charge is 0.325 e. The molecule has 1 aromatic rings. The molecule has 0 heterocycles. The van der Waals surface area contributed by atoms with Gasteiger partial charge in [-0.15, -0.1) is 0 Å². The van der Waals surface area contributed by atoms with Gasteiger partial charge in [0.05, 0.1) is 9.15 Å². The van der Waals surface area contributed by atoms with Crippen molar-refractivity contribution in [3.8, 4) is 0 Å². The molecule has 1 N–H and O–H groups in total. The minimum atomic E-state index is -0.357. The first kappa shape index (κ1) is 17.9. The highest BCUT2D eigenvalue weighted by molar-refractivity contribution is 9.24. The van der Waals surface area contributed by atoms with E-state index in [2.05, 4.69) is 79.9 Å². The number of nitrogens with one attached hydrogen (secondary N) is 1. The summed E-state index contributed by atoms with van der Waals surface area (Å²) in [5.74, 6) is 0.144. The molecule has 3 aliphatic rings. The van der Waals surface area contributed by atoms with E-state index in [1.807, 2.05) is 19.1 Å². The van der Waals surface area contributed by atoms with Crippen LogP contribution in [0.3, 0.4) is 0 Å². The molecule has 0 aliphatic heterocycles. The number of carbonyl (C=O) groups excluding carboxylic acids is 1. The number of benzene rings is 1. The lowest BCUT2D eigenvalue weighted by Gasteiger charge is -2.66. The third-order valence-electron chi connectivity index (χ3n) is 6.52. The summed E-state index contributed by atoms with van der Waals surface area (Å²) in [4.78, 5) is 13.4. The van der Waals surface area contributed by atoms with Gasteiger partial charge < -0.3 is 5.32 Å². The molecule has 1 amide bonds. The Balaban J connectivity index is 1.92. The molecule has 2 bridgehead atoms. The normalized spacial score (nSPS) is 34.3. The Bertz CT molecular complexity index is 672. The van der Waals surface area contributed by atoms with Crippen molar-refractivity contribution < 1.29 is 4.79 Å².